The number of carbonyl (C=O) groups is 2. The van der Waals surface area contributed by atoms with Crippen LogP contribution in [0, 0.1) is 0 Å². The molecule has 0 saturated heterocycles. The third-order valence-corrected chi connectivity index (χ3v) is 2.54. The first kappa shape index (κ1) is 15.2. The Morgan fingerprint density at radius 1 is 1.31 bits per heavy atom. The molecule has 0 amide bonds. The van der Waals surface area contributed by atoms with Gasteiger partial charge in [-0.3, -0.25) is 9.59 Å². The predicted octanol–water partition coefficient (Wildman–Crippen LogP) is 2.28. The van der Waals surface area contributed by atoms with E-state index in [1.165, 1.54) is 7.11 Å². The second-order valence-corrected chi connectivity index (χ2v) is 4.54. The first-order chi connectivity index (χ1) is 7.44. The van der Waals surface area contributed by atoms with Crippen LogP contribution < -0.4 is 0 Å². The summed E-state index contributed by atoms with van der Waals surface area (Å²) in [6.07, 6.45) is 2.20. The quantitative estimate of drug-likeness (QED) is 0.395. The maximum absolute atomic E-state index is 11.2. The number of carbonyl (C=O) groups excluding carboxylic acids is 2. The van der Waals surface area contributed by atoms with Gasteiger partial charge in [0.15, 0.2) is 0 Å². The van der Waals surface area contributed by atoms with Crippen LogP contribution in [0.2, 0.25) is 0 Å². The van der Waals surface area contributed by atoms with Crippen molar-refractivity contribution in [3.8, 4) is 0 Å². The van der Waals surface area contributed by atoms with Gasteiger partial charge in [0, 0.05) is 6.42 Å². The fourth-order valence-corrected chi connectivity index (χ4v) is 1.49. The van der Waals surface area contributed by atoms with Crippen LogP contribution in [0.25, 0.3) is 0 Å². The molecule has 0 aromatic heterocycles. The maximum Gasteiger partial charge on any atom is 0.326 e. The van der Waals surface area contributed by atoms with Crippen molar-refractivity contribution >= 4 is 23.5 Å². The Morgan fingerprint density at radius 2 is 1.94 bits per heavy atom. The molecular formula is C11H19ClO4. The summed E-state index contributed by atoms with van der Waals surface area (Å²) >= 11 is 5.97. The Hall–Kier alpha value is -0.770. The number of esters is 2. The van der Waals surface area contributed by atoms with E-state index in [0.29, 0.717) is 32.3 Å². The van der Waals surface area contributed by atoms with Gasteiger partial charge in [-0.1, -0.05) is 6.42 Å². The summed E-state index contributed by atoms with van der Waals surface area (Å²) < 4.78 is 9.35. The molecule has 0 rings (SSSR count). The van der Waals surface area contributed by atoms with E-state index >= 15 is 0 Å². The molecule has 94 valence electrons. The Labute approximate surface area is 101 Å². The lowest BCUT2D eigenvalue weighted by Crippen LogP contribution is -2.30. The van der Waals surface area contributed by atoms with Crippen LogP contribution in [0.3, 0.4) is 0 Å². The molecule has 0 aliphatic heterocycles. The van der Waals surface area contributed by atoms with Gasteiger partial charge in [-0.25, -0.2) is 0 Å². The minimum absolute atomic E-state index is 0.211. The van der Waals surface area contributed by atoms with E-state index < -0.39 is 10.8 Å². The third kappa shape index (κ3) is 5.95. The van der Waals surface area contributed by atoms with E-state index in [4.69, 9.17) is 16.3 Å². The molecule has 0 bridgehead atoms. The third-order valence-electron chi connectivity index (χ3n) is 2.19. The average Bonchev–Trinajstić information content (AvgIpc) is 2.23. The lowest BCUT2D eigenvalue weighted by molar-refractivity contribution is -0.143. The van der Waals surface area contributed by atoms with E-state index in [-0.39, 0.29) is 5.97 Å². The number of unbranched alkanes of at least 4 members (excludes halogenated alkanes) is 1. The average molecular weight is 251 g/mol. The van der Waals surface area contributed by atoms with Crippen molar-refractivity contribution in [2.45, 2.75) is 44.4 Å². The SMILES string of the molecule is CCOC(=O)CCCCC(C)(Cl)C(=O)OC. The Balaban J connectivity index is 3.73. The van der Waals surface area contributed by atoms with Gasteiger partial charge < -0.3 is 9.47 Å². The number of hydrogen-bond acceptors (Lipinski definition) is 4. The molecule has 0 aliphatic rings. The number of halogens is 1. The summed E-state index contributed by atoms with van der Waals surface area (Å²) in [5.74, 6) is -0.651. The molecule has 0 spiro atoms. The van der Waals surface area contributed by atoms with Crippen LogP contribution in [-0.4, -0.2) is 30.5 Å². The molecule has 0 aromatic carbocycles. The highest BCUT2D eigenvalue weighted by atomic mass is 35.5. The highest BCUT2D eigenvalue weighted by molar-refractivity contribution is 6.33. The molecule has 0 fully saturated rings. The van der Waals surface area contributed by atoms with Gasteiger partial charge in [-0.05, 0) is 26.7 Å². The second kappa shape index (κ2) is 7.49. The zero-order valence-electron chi connectivity index (χ0n) is 10.0. The van der Waals surface area contributed by atoms with Gasteiger partial charge >= 0.3 is 11.9 Å². The van der Waals surface area contributed by atoms with Crippen LogP contribution >= 0.6 is 11.6 Å². The van der Waals surface area contributed by atoms with Gasteiger partial charge in [0.1, 0.15) is 4.87 Å². The van der Waals surface area contributed by atoms with E-state index in [0.717, 1.165) is 0 Å². The summed E-state index contributed by atoms with van der Waals surface area (Å²) in [6.45, 7) is 3.78. The van der Waals surface area contributed by atoms with Gasteiger partial charge in [0.25, 0.3) is 0 Å². The van der Waals surface area contributed by atoms with Crippen molar-refractivity contribution in [1.29, 1.82) is 0 Å². The molecule has 0 aromatic rings. The van der Waals surface area contributed by atoms with Gasteiger partial charge in [-0.15, -0.1) is 11.6 Å². The van der Waals surface area contributed by atoms with Crippen LogP contribution in [0.4, 0.5) is 0 Å². The monoisotopic (exact) mass is 250 g/mol. The van der Waals surface area contributed by atoms with Crippen LogP contribution in [0.15, 0.2) is 0 Å². The number of alkyl halides is 1. The summed E-state index contributed by atoms with van der Waals surface area (Å²) in [4.78, 5) is 21.2. The van der Waals surface area contributed by atoms with E-state index in [9.17, 15) is 9.59 Å². The molecule has 0 aliphatic carbocycles. The van der Waals surface area contributed by atoms with Crippen molar-refractivity contribution in [3.05, 3.63) is 0 Å². The number of hydrogen-bond donors (Lipinski definition) is 0. The van der Waals surface area contributed by atoms with E-state index in [1.807, 2.05) is 0 Å². The fourth-order valence-electron chi connectivity index (χ4n) is 1.27. The van der Waals surface area contributed by atoms with Crippen molar-refractivity contribution < 1.29 is 19.1 Å². The largest absolute Gasteiger partial charge is 0.468 e. The van der Waals surface area contributed by atoms with Gasteiger partial charge in [0.2, 0.25) is 0 Å². The summed E-state index contributed by atoms with van der Waals surface area (Å²) in [7, 11) is 1.31. The maximum atomic E-state index is 11.2. The van der Waals surface area contributed by atoms with E-state index in [2.05, 4.69) is 4.74 Å². The van der Waals surface area contributed by atoms with Crippen LogP contribution in [0.5, 0.6) is 0 Å². The number of ether oxygens (including phenoxy) is 2. The Morgan fingerprint density at radius 3 is 2.44 bits per heavy atom. The van der Waals surface area contributed by atoms with Crippen LogP contribution in [0.1, 0.15) is 39.5 Å². The number of methoxy groups -OCH3 is 1. The first-order valence-electron chi connectivity index (χ1n) is 5.37. The number of rotatable bonds is 7. The van der Waals surface area contributed by atoms with Crippen molar-refractivity contribution in [3.63, 3.8) is 0 Å². The van der Waals surface area contributed by atoms with E-state index in [1.54, 1.807) is 13.8 Å². The standard InChI is InChI=1S/C11H19ClO4/c1-4-16-9(13)7-5-6-8-11(2,12)10(14)15-3/h4-8H2,1-3H3. The predicted molar refractivity (Wildman–Crippen MR) is 61.4 cm³/mol. The lowest BCUT2D eigenvalue weighted by Gasteiger charge is -2.18. The smallest absolute Gasteiger partial charge is 0.326 e. The second-order valence-electron chi connectivity index (χ2n) is 3.70. The highest BCUT2D eigenvalue weighted by Gasteiger charge is 2.30. The zero-order chi connectivity index (χ0) is 12.6. The summed E-state index contributed by atoms with van der Waals surface area (Å²) in [5.41, 5.74) is 0. The highest BCUT2D eigenvalue weighted by Crippen LogP contribution is 2.23. The normalized spacial score (nSPS) is 14.0. The molecule has 1 unspecified atom stereocenters. The molecule has 4 nitrogen and oxygen atoms in total. The molecule has 1 atom stereocenters. The topological polar surface area (TPSA) is 52.6 Å². The summed E-state index contributed by atoms with van der Waals surface area (Å²) in [6, 6.07) is 0. The zero-order valence-corrected chi connectivity index (χ0v) is 10.8. The lowest BCUT2D eigenvalue weighted by atomic mass is 10.0. The fraction of sp³-hybridized carbons (Fsp3) is 0.818. The van der Waals surface area contributed by atoms with Crippen molar-refractivity contribution in [2.24, 2.45) is 0 Å². The minimum Gasteiger partial charge on any atom is -0.468 e. The summed E-state index contributed by atoms with van der Waals surface area (Å²) in [5, 5.41) is 0. The van der Waals surface area contributed by atoms with Crippen LogP contribution in [-0.2, 0) is 19.1 Å². The molecular weight excluding hydrogens is 232 g/mol. The van der Waals surface area contributed by atoms with Crippen molar-refractivity contribution in [2.75, 3.05) is 13.7 Å². The first-order valence-corrected chi connectivity index (χ1v) is 5.74. The Kier molecular flexibility index (Phi) is 7.13. The van der Waals surface area contributed by atoms with Crippen molar-refractivity contribution in [1.82, 2.24) is 0 Å². The molecule has 0 N–H and O–H groups in total. The Bertz CT molecular complexity index is 238. The molecule has 0 radical (unpaired) electrons. The molecule has 0 heterocycles. The van der Waals surface area contributed by atoms with Gasteiger partial charge in [0.05, 0.1) is 13.7 Å². The molecule has 16 heavy (non-hydrogen) atoms. The molecule has 5 heteroatoms. The molecule has 0 saturated carbocycles. The van der Waals surface area contributed by atoms with Gasteiger partial charge in [-0.2, -0.15) is 0 Å². The minimum atomic E-state index is -0.997.